The summed E-state index contributed by atoms with van der Waals surface area (Å²) < 4.78 is 21.8. The van der Waals surface area contributed by atoms with Crippen LogP contribution in [0.2, 0.25) is 0 Å². The number of allylic oxidation sites excluding steroid dienone is 3. The summed E-state index contributed by atoms with van der Waals surface area (Å²) in [6.07, 6.45) is -2.90. The zero-order chi connectivity index (χ0) is 42.1. The third-order valence-corrected chi connectivity index (χ3v) is 10.1. The number of aliphatic hydroxyl groups is 1. The maximum atomic E-state index is 14.1. The molecule has 1 aliphatic carbocycles. The molecule has 0 saturated carbocycles. The van der Waals surface area contributed by atoms with E-state index in [9.17, 15) is 54.0 Å². The van der Waals surface area contributed by atoms with Crippen molar-refractivity contribution in [3.63, 3.8) is 0 Å². The highest BCUT2D eigenvalue weighted by Gasteiger charge is 2.51. The third kappa shape index (κ3) is 6.19. The molecule has 0 fully saturated rings. The quantitative estimate of drug-likeness (QED) is 0.125. The minimum absolute atomic E-state index is 0.0455. The largest absolute Gasteiger partial charge is 0.507 e. The number of amides is 1. The minimum atomic E-state index is -2.25. The number of anilines is 1. The number of esters is 1. The van der Waals surface area contributed by atoms with Gasteiger partial charge in [0.25, 0.3) is 5.91 Å². The van der Waals surface area contributed by atoms with Crippen LogP contribution < -0.4 is 21.0 Å². The highest BCUT2D eigenvalue weighted by atomic mass is 16.6. The van der Waals surface area contributed by atoms with E-state index in [0.717, 1.165) is 12.1 Å². The second kappa shape index (κ2) is 14.0. The maximum Gasteiger partial charge on any atom is 0.364 e. The third-order valence-electron chi connectivity index (χ3n) is 10.1. The lowest BCUT2D eigenvalue weighted by Gasteiger charge is -2.39. The molecule has 7 rings (SSSR count). The number of aromatic hydroxyl groups is 3. The first-order valence-corrected chi connectivity index (χ1v) is 17.5. The van der Waals surface area contributed by atoms with Crippen LogP contribution in [0.5, 0.6) is 23.0 Å². The van der Waals surface area contributed by atoms with Crippen molar-refractivity contribution in [2.24, 2.45) is 5.92 Å². The fourth-order valence-electron chi connectivity index (χ4n) is 6.99. The number of aliphatic hydroxyl groups excluding tert-OH is 1. The average molecular weight is 796 g/mol. The average Bonchev–Trinajstić information content (AvgIpc) is 3.19. The lowest BCUT2D eigenvalue weighted by atomic mass is 9.82. The number of carbonyl (C=O) groups excluding carboxylic acids is 6. The Labute approximate surface area is 326 Å². The van der Waals surface area contributed by atoms with Gasteiger partial charge in [0.05, 0.1) is 30.2 Å². The SMILES string of the molecule is COc1ccc2c(O)c(NC(=O)c3ccc(O)c(C(=O)O[C@H]4[C@@H](C)/C=C(\C)C(=O)c5c(O)c(C)cc6c5C(=O)C5=C(NC[C@](C)(O5)C(=O)[C@@H]4O)C6=O)n3)c(=O)oc2c1. The van der Waals surface area contributed by atoms with Gasteiger partial charge in [-0.15, -0.1) is 0 Å². The van der Waals surface area contributed by atoms with E-state index in [4.69, 9.17) is 18.6 Å². The number of pyridine rings is 1. The van der Waals surface area contributed by atoms with Gasteiger partial charge in [-0.05, 0) is 62.2 Å². The first-order valence-electron chi connectivity index (χ1n) is 17.5. The van der Waals surface area contributed by atoms with Crippen molar-refractivity contribution in [1.29, 1.82) is 0 Å². The number of carbonyl (C=O) groups is 6. The molecule has 3 aliphatic rings. The molecule has 2 aliphatic heterocycles. The second-order valence-corrected chi connectivity index (χ2v) is 14.1. The van der Waals surface area contributed by atoms with Crippen LogP contribution in [0, 0.1) is 12.8 Å². The van der Waals surface area contributed by atoms with Gasteiger partial charge in [-0.2, -0.15) is 0 Å². The van der Waals surface area contributed by atoms with Crippen LogP contribution in [0.1, 0.15) is 78.4 Å². The fourth-order valence-corrected chi connectivity index (χ4v) is 6.99. The highest BCUT2D eigenvalue weighted by molar-refractivity contribution is 6.31. The van der Waals surface area contributed by atoms with Crippen molar-refractivity contribution >= 4 is 51.7 Å². The molecule has 298 valence electrons. The molecular formula is C40H33N3O15. The Hall–Kier alpha value is -7.34. The molecule has 0 unspecified atom stereocenters. The van der Waals surface area contributed by atoms with Gasteiger partial charge in [-0.25, -0.2) is 14.6 Å². The number of methoxy groups -OCH3 is 1. The lowest BCUT2D eigenvalue weighted by molar-refractivity contribution is -0.154. The van der Waals surface area contributed by atoms with E-state index in [1.165, 1.54) is 65.1 Å². The molecule has 1 amide bonds. The van der Waals surface area contributed by atoms with Gasteiger partial charge < -0.3 is 49.7 Å². The maximum absolute atomic E-state index is 14.1. The van der Waals surface area contributed by atoms with E-state index < -0.39 is 122 Å². The summed E-state index contributed by atoms with van der Waals surface area (Å²) in [5.74, 6) is -9.91. The summed E-state index contributed by atoms with van der Waals surface area (Å²) in [4.78, 5) is 99.3. The number of fused-ring (bicyclic) bond motifs is 2. The van der Waals surface area contributed by atoms with Crippen LogP contribution in [-0.4, -0.2) is 91.9 Å². The molecule has 0 spiro atoms. The Morgan fingerprint density at radius 1 is 0.966 bits per heavy atom. The molecule has 18 heteroatoms. The number of phenolic OH excluding ortho intramolecular Hbond substituents is 1. The first-order chi connectivity index (χ1) is 27.4. The van der Waals surface area contributed by atoms with E-state index in [2.05, 4.69) is 15.6 Å². The van der Waals surface area contributed by atoms with Gasteiger partial charge in [0.15, 0.2) is 40.4 Å². The Kier molecular flexibility index (Phi) is 9.39. The number of benzene rings is 2. The number of nitrogens with one attached hydrogen (secondary N) is 2. The summed E-state index contributed by atoms with van der Waals surface area (Å²) in [5.41, 5.74) is -6.86. The topological polar surface area (TPSA) is 278 Å². The predicted octanol–water partition coefficient (Wildman–Crippen LogP) is 2.78. The van der Waals surface area contributed by atoms with Crippen LogP contribution in [0.15, 0.2) is 68.7 Å². The summed E-state index contributed by atoms with van der Waals surface area (Å²) in [6, 6.07) is 7.34. The summed E-state index contributed by atoms with van der Waals surface area (Å²) in [5, 5.41) is 49.1. The van der Waals surface area contributed by atoms with E-state index in [0.29, 0.717) is 5.75 Å². The summed E-state index contributed by atoms with van der Waals surface area (Å²) >= 11 is 0. The highest BCUT2D eigenvalue weighted by Crippen LogP contribution is 2.40. The second-order valence-electron chi connectivity index (χ2n) is 14.1. The number of aryl methyl sites for hydroxylation is 1. The monoisotopic (exact) mass is 795 g/mol. The van der Waals surface area contributed by atoms with E-state index in [-0.39, 0.29) is 33.4 Å². The number of ether oxygens (including phenoxy) is 3. The standard InChI is InChI=1S/C40H33N3O15/c1-14-10-16(3)34(33(50)36(51)40(4)13-41-26-31(48)19-11-15(2)29(46)24(28(14)45)23(19)32(49)35(26)58-40)57-38(53)25-21(44)9-8-20(42-25)37(52)43-27-30(47)18-7-6-17(55-5)12-22(18)56-39(27)54/h6-12,16,33-34,41,44,46-47,50H,13H2,1-5H3,(H,43,52)/b14-10+/t16-,33+,34-,40-/m0/s1. The Balaban J connectivity index is 1.24. The Bertz CT molecular complexity index is 2690. The number of rotatable bonds is 5. The van der Waals surface area contributed by atoms with Crippen molar-refractivity contribution in [3.05, 3.63) is 104 Å². The molecule has 2 aromatic carbocycles. The lowest BCUT2D eigenvalue weighted by Crippen LogP contribution is -2.59. The van der Waals surface area contributed by atoms with Gasteiger partial charge in [0.1, 0.15) is 40.3 Å². The molecule has 4 heterocycles. The Morgan fingerprint density at radius 2 is 1.69 bits per heavy atom. The predicted molar refractivity (Wildman–Crippen MR) is 198 cm³/mol. The number of nitrogens with zero attached hydrogens (tertiary/aromatic N) is 1. The molecule has 3 bridgehead atoms. The van der Waals surface area contributed by atoms with Crippen molar-refractivity contribution in [2.45, 2.75) is 45.5 Å². The number of aromatic nitrogens is 1. The number of Topliss-reactive ketones (excluding diaryl/α,β-unsaturated/α-hetero) is 4. The minimum Gasteiger partial charge on any atom is -0.507 e. The number of phenols is 1. The van der Waals surface area contributed by atoms with Crippen LogP contribution in [0.3, 0.4) is 0 Å². The smallest absolute Gasteiger partial charge is 0.364 e. The number of hydrogen-bond donors (Lipinski definition) is 6. The molecular weight excluding hydrogens is 762 g/mol. The fraction of sp³-hybridized carbons (Fsp3) is 0.250. The zero-order valence-corrected chi connectivity index (χ0v) is 31.2. The molecule has 0 saturated heterocycles. The number of hydrogen-bond acceptors (Lipinski definition) is 17. The van der Waals surface area contributed by atoms with Crippen LogP contribution >= 0.6 is 0 Å². The summed E-state index contributed by atoms with van der Waals surface area (Å²) in [6.45, 7) is 4.88. The summed E-state index contributed by atoms with van der Waals surface area (Å²) in [7, 11) is 1.38. The normalized spacial score (nSPS) is 22.5. The van der Waals surface area contributed by atoms with E-state index in [1.807, 2.05) is 0 Å². The molecule has 2 aromatic heterocycles. The zero-order valence-electron chi connectivity index (χ0n) is 31.2. The van der Waals surface area contributed by atoms with Crippen molar-refractivity contribution in [3.8, 4) is 23.0 Å². The van der Waals surface area contributed by atoms with Crippen LogP contribution in [-0.2, 0) is 14.3 Å². The van der Waals surface area contributed by atoms with Crippen LogP contribution in [0.4, 0.5) is 5.69 Å². The van der Waals surface area contributed by atoms with Crippen molar-refractivity contribution in [2.75, 3.05) is 19.0 Å². The van der Waals surface area contributed by atoms with Gasteiger partial charge in [0, 0.05) is 17.5 Å². The van der Waals surface area contributed by atoms with Gasteiger partial charge >= 0.3 is 11.6 Å². The van der Waals surface area contributed by atoms with Gasteiger partial charge in [-0.1, -0.05) is 13.0 Å². The van der Waals surface area contributed by atoms with Crippen LogP contribution in [0.25, 0.3) is 11.0 Å². The van der Waals surface area contributed by atoms with Crippen molar-refractivity contribution in [1.82, 2.24) is 10.3 Å². The molecule has 6 N–H and O–H groups in total. The van der Waals surface area contributed by atoms with Crippen molar-refractivity contribution < 1.29 is 67.8 Å². The van der Waals surface area contributed by atoms with Gasteiger partial charge in [0.2, 0.25) is 17.3 Å². The molecule has 58 heavy (non-hydrogen) atoms. The van der Waals surface area contributed by atoms with Gasteiger partial charge in [-0.3, -0.25) is 24.0 Å². The van der Waals surface area contributed by atoms with E-state index in [1.54, 1.807) is 0 Å². The molecule has 4 atom stereocenters. The molecule has 4 aromatic rings. The van der Waals surface area contributed by atoms with E-state index >= 15 is 0 Å². The Morgan fingerprint density at radius 3 is 2.40 bits per heavy atom. The molecule has 18 nitrogen and oxygen atoms in total. The number of ketones is 4. The molecule has 0 radical (unpaired) electrons. The first kappa shape index (κ1) is 38.9.